The Balaban J connectivity index is 2.25. The minimum atomic E-state index is -1.02. The van der Waals surface area contributed by atoms with Crippen LogP contribution in [0, 0.1) is 5.92 Å². The van der Waals surface area contributed by atoms with Crippen molar-refractivity contribution in [3.63, 3.8) is 0 Å². The van der Waals surface area contributed by atoms with Gasteiger partial charge in [-0.2, -0.15) is 0 Å². The van der Waals surface area contributed by atoms with Crippen LogP contribution in [0.4, 0.5) is 4.79 Å². The largest absolute Gasteiger partial charge is 0.509 e. The van der Waals surface area contributed by atoms with Crippen molar-refractivity contribution in [2.24, 2.45) is 5.92 Å². The molecule has 0 radical (unpaired) electrons. The van der Waals surface area contributed by atoms with Crippen molar-refractivity contribution >= 4 is 12.1 Å². The van der Waals surface area contributed by atoms with E-state index in [2.05, 4.69) is 0 Å². The average molecular weight is 304 g/mol. The molecule has 0 amide bonds. The summed E-state index contributed by atoms with van der Waals surface area (Å²) in [5.74, 6) is -1.25. The van der Waals surface area contributed by atoms with E-state index in [1.165, 1.54) is 6.92 Å². The van der Waals surface area contributed by atoms with Gasteiger partial charge < -0.3 is 23.7 Å². The van der Waals surface area contributed by atoms with Gasteiger partial charge >= 0.3 is 12.1 Å². The molecule has 7 nitrogen and oxygen atoms in total. The molecule has 1 fully saturated rings. The van der Waals surface area contributed by atoms with Crippen molar-refractivity contribution < 1.29 is 33.3 Å². The first-order chi connectivity index (χ1) is 9.69. The number of carbonyl (C=O) groups is 2. The summed E-state index contributed by atoms with van der Waals surface area (Å²) in [5.41, 5.74) is 0. The van der Waals surface area contributed by atoms with Crippen LogP contribution in [0.25, 0.3) is 0 Å². The smallest absolute Gasteiger partial charge is 0.462 e. The molecular formula is C14H24O7. The SMILES string of the molecule is CC(C)OC(=O)OC(C)C(=O)OCC1COC(C)(C)OC1. The van der Waals surface area contributed by atoms with Crippen LogP contribution in [-0.4, -0.2) is 49.9 Å². The van der Waals surface area contributed by atoms with Gasteiger partial charge in [-0.3, -0.25) is 0 Å². The fraction of sp³-hybridized carbons (Fsp3) is 0.857. The van der Waals surface area contributed by atoms with Gasteiger partial charge in [-0.15, -0.1) is 0 Å². The summed E-state index contributed by atoms with van der Waals surface area (Å²) in [6.07, 6.45) is -2.21. The Morgan fingerprint density at radius 2 is 1.71 bits per heavy atom. The third-order valence-corrected chi connectivity index (χ3v) is 2.73. The average Bonchev–Trinajstić information content (AvgIpc) is 2.35. The zero-order valence-corrected chi connectivity index (χ0v) is 13.2. The van der Waals surface area contributed by atoms with Crippen molar-refractivity contribution in [1.82, 2.24) is 0 Å². The van der Waals surface area contributed by atoms with E-state index in [-0.39, 0.29) is 18.6 Å². The summed E-state index contributed by atoms with van der Waals surface area (Å²) in [7, 11) is 0. The highest BCUT2D eigenvalue weighted by Gasteiger charge is 2.30. The van der Waals surface area contributed by atoms with Crippen LogP contribution >= 0.6 is 0 Å². The van der Waals surface area contributed by atoms with Gasteiger partial charge in [0.2, 0.25) is 0 Å². The first-order valence-corrected chi connectivity index (χ1v) is 7.01. The highest BCUT2D eigenvalue weighted by molar-refractivity contribution is 5.77. The highest BCUT2D eigenvalue weighted by Crippen LogP contribution is 2.20. The maximum Gasteiger partial charge on any atom is 0.509 e. The van der Waals surface area contributed by atoms with Crippen LogP contribution in [0.2, 0.25) is 0 Å². The number of ether oxygens (including phenoxy) is 5. The Morgan fingerprint density at radius 1 is 1.14 bits per heavy atom. The second-order valence-electron chi connectivity index (χ2n) is 5.69. The molecule has 0 bridgehead atoms. The van der Waals surface area contributed by atoms with E-state index in [1.54, 1.807) is 13.8 Å². The topological polar surface area (TPSA) is 80.3 Å². The van der Waals surface area contributed by atoms with Gasteiger partial charge in [0, 0.05) is 5.92 Å². The Morgan fingerprint density at radius 3 is 2.24 bits per heavy atom. The molecule has 0 spiro atoms. The van der Waals surface area contributed by atoms with E-state index in [0.29, 0.717) is 13.2 Å². The summed E-state index contributed by atoms with van der Waals surface area (Å²) < 4.78 is 25.6. The Kier molecular flexibility index (Phi) is 6.42. The molecule has 1 unspecified atom stereocenters. The normalized spacial score (nSPS) is 19.9. The van der Waals surface area contributed by atoms with E-state index >= 15 is 0 Å². The summed E-state index contributed by atoms with van der Waals surface area (Å²) in [6, 6.07) is 0. The van der Waals surface area contributed by atoms with Crippen LogP contribution in [0.15, 0.2) is 0 Å². The third kappa shape index (κ3) is 6.77. The van der Waals surface area contributed by atoms with Gasteiger partial charge in [-0.05, 0) is 34.6 Å². The maximum atomic E-state index is 11.7. The Hall–Kier alpha value is -1.34. The van der Waals surface area contributed by atoms with Crippen LogP contribution in [0.3, 0.4) is 0 Å². The molecule has 0 aromatic carbocycles. The zero-order valence-electron chi connectivity index (χ0n) is 13.2. The van der Waals surface area contributed by atoms with Gasteiger partial charge in [0.15, 0.2) is 11.9 Å². The molecule has 1 atom stereocenters. The van der Waals surface area contributed by atoms with E-state index in [9.17, 15) is 9.59 Å². The molecule has 122 valence electrons. The second kappa shape index (κ2) is 7.61. The number of hydrogen-bond acceptors (Lipinski definition) is 7. The van der Waals surface area contributed by atoms with E-state index in [1.807, 2.05) is 13.8 Å². The fourth-order valence-electron chi connectivity index (χ4n) is 1.55. The molecule has 0 N–H and O–H groups in total. The molecule has 1 heterocycles. The maximum absolute atomic E-state index is 11.7. The summed E-state index contributed by atoms with van der Waals surface area (Å²) in [6.45, 7) is 9.51. The second-order valence-corrected chi connectivity index (χ2v) is 5.69. The molecule has 0 aromatic rings. The van der Waals surface area contributed by atoms with Crippen LogP contribution < -0.4 is 0 Å². The lowest BCUT2D eigenvalue weighted by Gasteiger charge is -2.34. The molecular weight excluding hydrogens is 280 g/mol. The van der Waals surface area contributed by atoms with Gasteiger partial charge in [0.25, 0.3) is 0 Å². The van der Waals surface area contributed by atoms with E-state index in [0.717, 1.165) is 0 Å². The van der Waals surface area contributed by atoms with Crippen molar-refractivity contribution in [2.45, 2.75) is 52.6 Å². The molecule has 0 aromatic heterocycles. The first kappa shape index (κ1) is 17.7. The molecule has 0 saturated carbocycles. The number of rotatable bonds is 5. The molecule has 1 saturated heterocycles. The van der Waals surface area contributed by atoms with Gasteiger partial charge in [0.1, 0.15) is 0 Å². The van der Waals surface area contributed by atoms with Gasteiger partial charge in [-0.1, -0.05) is 0 Å². The number of hydrogen-bond donors (Lipinski definition) is 0. The van der Waals surface area contributed by atoms with Crippen LogP contribution in [-0.2, 0) is 28.5 Å². The minimum Gasteiger partial charge on any atom is -0.462 e. The number of carbonyl (C=O) groups excluding carboxylic acids is 2. The monoisotopic (exact) mass is 304 g/mol. The van der Waals surface area contributed by atoms with Crippen molar-refractivity contribution in [3.8, 4) is 0 Å². The highest BCUT2D eigenvalue weighted by atomic mass is 16.7. The van der Waals surface area contributed by atoms with Gasteiger partial charge in [-0.25, -0.2) is 9.59 Å². The summed E-state index contributed by atoms with van der Waals surface area (Å²) in [5, 5.41) is 0. The molecule has 0 aliphatic carbocycles. The van der Waals surface area contributed by atoms with E-state index < -0.39 is 24.0 Å². The van der Waals surface area contributed by atoms with Crippen LogP contribution in [0.1, 0.15) is 34.6 Å². The molecule has 1 aliphatic rings. The predicted molar refractivity (Wildman–Crippen MR) is 72.6 cm³/mol. The lowest BCUT2D eigenvalue weighted by molar-refractivity contribution is -0.266. The molecule has 1 rings (SSSR count). The van der Waals surface area contributed by atoms with E-state index in [4.69, 9.17) is 23.7 Å². The lowest BCUT2D eigenvalue weighted by atomic mass is 10.1. The minimum absolute atomic E-state index is 0.0307. The zero-order chi connectivity index (χ0) is 16.0. The third-order valence-electron chi connectivity index (χ3n) is 2.73. The quantitative estimate of drug-likeness (QED) is 0.717. The molecule has 21 heavy (non-hydrogen) atoms. The summed E-state index contributed by atoms with van der Waals surface area (Å²) >= 11 is 0. The predicted octanol–water partition coefficient (Wildman–Crippen LogP) is 1.88. The van der Waals surface area contributed by atoms with Crippen molar-refractivity contribution in [3.05, 3.63) is 0 Å². The van der Waals surface area contributed by atoms with Crippen molar-refractivity contribution in [2.75, 3.05) is 19.8 Å². The lowest BCUT2D eigenvalue weighted by Crippen LogP contribution is -2.41. The Bertz CT molecular complexity index is 354. The summed E-state index contributed by atoms with van der Waals surface area (Å²) in [4.78, 5) is 23.0. The standard InChI is InChI=1S/C14H24O7/c1-9(2)20-13(16)21-10(3)12(15)17-6-11-7-18-14(4,5)19-8-11/h9-11H,6-8H2,1-5H3. The van der Waals surface area contributed by atoms with Gasteiger partial charge in [0.05, 0.1) is 25.9 Å². The fourth-order valence-corrected chi connectivity index (χ4v) is 1.55. The number of esters is 1. The van der Waals surface area contributed by atoms with Crippen molar-refractivity contribution in [1.29, 1.82) is 0 Å². The molecule has 7 heteroatoms. The Labute approximate surface area is 124 Å². The van der Waals surface area contributed by atoms with Crippen LogP contribution in [0.5, 0.6) is 0 Å². The molecule has 1 aliphatic heterocycles. The first-order valence-electron chi connectivity index (χ1n) is 7.01.